The first-order chi connectivity index (χ1) is 6.83. The van der Waals surface area contributed by atoms with E-state index in [-0.39, 0.29) is 0 Å². The minimum atomic E-state index is 0.799. The first-order valence-corrected chi connectivity index (χ1v) is 6.29. The van der Waals surface area contributed by atoms with Gasteiger partial charge >= 0.3 is 0 Å². The Morgan fingerprint density at radius 1 is 1.43 bits per heavy atom. The van der Waals surface area contributed by atoms with Crippen LogP contribution in [0.15, 0.2) is 0 Å². The fraction of sp³-hybridized carbons (Fsp3) is 1.00. The van der Waals surface area contributed by atoms with E-state index < -0.39 is 0 Å². The van der Waals surface area contributed by atoms with E-state index in [0.717, 1.165) is 18.0 Å². The highest BCUT2D eigenvalue weighted by molar-refractivity contribution is 4.93. The van der Waals surface area contributed by atoms with Crippen LogP contribution in [0.4, 0.5) is 0 Å². The Hall–Kier alpha value is -0.0800. The molecule has 0 aromatic rings. The second-order valence-electron chi connectivity index (χ2n) is 5.00. The van der Waals surface area contributed by atoms with Gasteiger partial charge in [0, 0.05) is 18.6 Å². The fourth-order valence-corrected chi connectivity index (χ4v) is 3.23. The lowest BCUT2D eigenvalue weighted by Crippen LogP contribution is -2.49. The SMILES string of the molecule is CCCC(C)N1CCCC2CNCC21. The van der Waals surface area contributed by atoms with Gasteiger partial charge in [0.15, 0.2) is 0 Å². The average Bonchev–Trinajstić information content (AvgIpc) is 2.65. The number of hydrogen-bond acceptors (Lipinski definition) is 2. The maximum atomic E-state index is 3.55. The van der Waals surface area contributed by atoms with Crippen LogP contribution < -0.4 is 5.32 Å². The van der Waals surface area contributed by atoms with Crippen LogP contribution in [-0.2, 0) is 0 Å². The quantitative estimate of drug-likeness (QED) is 0.741. The fourth-order valence-electron chi connectivity index (χ4n) is 3.23. The lowest BCUT2D eigenvalue weighted by Gasteiger charge is -2.41. The average molecular weight is 196 g/mol. The molecule has 0 bridgehead atoms. The van der Waals surface area contributed by atoms with E-state index >= 15 is 0 Å². The van der Waals surface area contributed by atoms with Crippen molar-refractivity contribution in [2.24, 2.45) is 5.92 Å². The Labute approximate surface area is 88.1 Å². The molecule has 0 aliphatic carbocycles. The summed E-state index contributed by atoms with van der Waals surface area (Å²) in [6.45, 7) is 8.54. The molecular formula is C12H24N2. The highest BCUT2D eigenvalue weighted by Crippen LogP contribution is 2.28. The van der Waals surface area contributed by atoms with Crippen LogP contribution in [0.25, 0.3) is 0 Å². The third-order valence-electron chi connectivity index (χ3n) is 3.99. The second-order valence-corrected chi connectivity index (χ2v) is 5.00. The Morgan fingerprint density at radius 2 is 2.29 bits per heavy atom. The van der Waals surface area contributed by atoms with Gasteiger partial charge in [-0.05, 0) is 45.2 Å². The lowest BCUT2D eigenvalue weighted by atomic mass is 9.90. The van der Waals surface area contributed by atoms with Crippen LogP contribution in [0.2, 0.25) is 0 Å². The van der Waals surface area contributed by atoms with Gasteiger partial charge in [-0.3, -0.25) is 4.90 Å². The number of fused-ring (bicyclic) bond motifs is 1. The minimum Gasteiger partial charge on any atom is -0.315 e. The monoisotopic (exact) mass is 196 g/mol. The third kappa shape index (κ3) is 1.96. The van der Waals surface area contributed by atoms with Crippen molar-refractivity contribution in [1.82, 2.24) is 10.2 Å². The molecule has 2 fully saturated rings. The molecule has 3 atom stereocenters. The van der Waals surface area contributed by atoms with E-state index in [4.69, 9.17) is 0 Å². The van der Waals surface area contributed by atoms with Gasteiger partial charge in [-0.25, -0.2) is 0 Å². The summed E-state index contributed by atoms with van der Waals surface area (Å²) in [5.41, 5.74) is 0. The van der Waals surface area contributed by atoms with Gasteiger partial charge < -0.3 is 5.32 Å². The van der Waals surface area contributed by atoms with E-state index in [0.29, 0.717) is 0 Å². The Kier molecular flexibility index (Phi) is 3.45. The van der Waals surface area contributed by atoms with E-state index in [2.05, 4.69) is 24.1 Å². The van der Waals surface area contributed by atoms with E-state index in [9.17, 15) is 0 Å². The molecule has 2 heteroatoms. The van der Waals surface area contributed by atoms with Crippen molar-refractivity contribution in [1.29, 1.82) is 0 Å². The van der Waals surface area contributed by atoms with Crippen LogP contribution in [0.1, 0.15) is 39.5 Å². The number of rotatable bonds is 3. The molecule has 0 spiro atoms. The summed E-state index contributed by atoms with van der Waals surface area (Å²) in [6.07, 6.45) is 5.55. The third-order valence-corrected chi connectivity index (χ3v) is 3.99. The first-order valence-electron chi connectivity index (χ1n) is 6.29. The highest BCUT2D eigenvalue weighted by Gasteiger charge is 2.36. The topological polar surface area (TPSA) is 15.3 Å². The molecule has 2 aliphatic rings. The Morgan fingerprint density at radius 3 is 3.07 bits per heavy atom. The van der Waals surface area contributed by atoms with Crippen LogP contribution in [0.5, 0.6) is 0 Å². The summed E-state index contributed by atoms with van der Waals surface area (Å²) in [5, 5.41) is 3.55. The number of nitrogens with one attached hydrogen (secondary N) is 1. The first kappa shape index (κ1) is 10.4. The Bertz CT molecular complexity index is 181. The van der Waals surface area contributed by atoms with Gasteiger partial charge in [0.25, 0.3) is 0 Å². The van der Waals surface area contributed by atoms with Gasteiger partial charge in [-0.15, -0.1) is 0 Å². The van der Waals surface area contributed by atoms with Gasteiger partial charge in [0.2, 0.25) is 0 Å². The summed E-state index contributed by atoms with van der Waals surface area (Å²) in [7, 11) is 0. The van der Waals surface area contributed by atoms with Crippen LogP contribution >= 0.6 is 0 Å². The molecule has 3 unspecified atom stereocenters. The van der Waals surface area contributed by atoms with Gasteiger partial charge in [-0.1, -0.05) is 13.3 Å². The van der Waals surface area contributed by atoms with E-state index in [1.807, 2.05) is 0 Å². The van der Waals surface area contributed by atoms with Crippen molar-refractivity contribution in [3.05, 3.63) is 0 Å². The van der Waals surface area contributed by atoms with Crippen molar-refractivity contribution >= 4 is 0 Å². The summed E-state index contributed by atoms with van der Waals surface area (Å²) in [6, 6.07) is 1.65. The van der Waals surface area contributed by atoms with Crippen molar-refractivity contribution in [2.75, 3.05) is 19.6 Å². The number of likely N-dealkylation sites (tertiary alicyclic amines) is 1. The zero-order chi connectivity index (χ0) is 9.97. The molecule has 1 N–H and O–H groups in total. The molecule has 0 radical (unpaired) electrons. The smallest absolute Gasteiger partial charge is 0.0263 e. The molecule has 2 aliphatic heterocycles. The molecule has 0 aromatic heterocycles. The van der Waals surface area contributed by atoms with Crippen molar-refractivity contribution in [2.45, 2.75) is 51.6 Å². The van der Waals surface area contributed by atoms with Crippen molar-refractivity contribution in [3.8, 4) is 0 Å². The molecule has 2 heterocycles. The number of hydrogen-bond donors (Lipinski definition) is 1. The zero-order valence-electron chi connectivity index (χ0n) is 9.63. The normalized spacial score (nSPS) is 35.6. The lowest BCUT2D eigenvalue weighted by molar-refractivity contribution is 0.0805. The molecule has 0 amide bonds. The number of nitrogens with zero attached hydrogens (tertiary/aromatic N) is 1. The summed E-state index contributed by atoms with van der Waals surface area (Å²) >= 11 is 0. The molecule has 0 saturated carbocycles. The minimum absolute atomic E-state index is 0.799. The molecule has 2 saturated heterocycles. The van der Waals surface area contributed by atoms with Gasteiger partial charge in [0.05, 0.1) is 0 Å². The molecule has 14 heavy (non-hydrogen) atoms. The van der Waals surface area contributed by atoms with Crippen molar-refractivity contribution < 1.29 is 0 Å². The largest absolute Gasteiger partial charge is 0.315 e. The molecule has 0 aromatic carbocycles. The maximum Gasteiger partial charge on any atom is 0.0263 e. The summed E-state index contributed by atoms with van der Waals surface area (Å²) in [4.78, 5) is 2.76. The predicted octanol–water partition coefficient (Wildman–Crippen LogP) is 1.86. The van der Waals surface area contributed by atoms with Crippen LogP contribution in [0, 0.1) is 5.92 Å². The number of piperidine rings is 1. The second kappa shape index (κ2) is 4.63. The molecule has 2 rings (SSSR count). The maximum absolute atomic E-state index is 3.55. The van der Waals surface area contributed by atoms with E-state index in [1.165, 1.54) is 45.3 Å². The van der Waals surface area contributed by atoms with E-state index in [1.54, 1.807) is 0 Å². The predicted molar refractivity (Wildman–Crippen MR) is 60.5 cm³/mol. The Balaban J connectivity index is 1.95. The van der Waals surface area contributed by atoms with Gasteiger partial charge in [-0.2, -0.15) is 0 Å². The summed E-state index contributed by atoms with van der Waals surface area (Å²) < 4.78 is 0. The highest BCUT2D eigenvalue weighted by atomic mass is 15.2. The van der Waals surface area contributed by atoms with Crippen LogP contribution in [-0.4, -0.2) is 36.6 Å². The molecule has 82 valence electrons. The standard InChI is InChI=1S/C12H24N2/c1-3-5-10(2)14-7-4-6-11-8-13-9-12(11)14/h10-13H,3-9H2,1-2H3. The van der Waals surface area contributed by atoms with Gasteiger partial charge in [0.1, 0.15) is 0 Å². The van der Waals surface area contributed by atoms with Crippen LogP contribution in [0.3, 0.4) is 0 Å². The molecular weight excluding hydrogens is 172 g/mol. The zero-order valence-corrected chi connectivity index (χ0v) is 9.63. The molecule has 2 nitrogen and oxygen atoms in total. The van der Waals surface area contributed by atoms with Crippen molar-refractivity contribution in [3.63, 3.8) is 0 Å². The summed E-state index contributed by atoms with van der Waals surface area (Å²) in [5.74, 6) is 0.947.